The van der Waals surface area contributed by atoms with Crippen LogP contribution in [0, 0.1) is 0 Å². The van der Waals surface area contributed by atoms with E-state index in [0.29, 0.717) is 12.2 Å². The van der Waals surface area contributed by atoms with Crippen LogP contribution in [0.4, 0.5) is 0 Å². The number of hydrogen-bond donors (Lipinski definition) is 1. The first-order valence-corrected chi connectivity index (χ1v) is 9.63. The lowest BCUT2D eigenvalue weighted by Gasteiger charge is -2.24. The van der Waals surface area contributed by atoms with E-state index in [1.54, 1.807) is 6.07 Å². The van der Waals surface area contributed by atoms with Gasteiger partial charge < -0.3 is 10.2 Å². The van der Waals surface area contributed by atoms with Crippen LogP contribution in [0.3, 0.4) is 0 Å². The SMILES string of the molecule is CN(C)[C@@H](CNC(=O)Cn1nc(-c2ccccc2)ccc1=O)Cc1ccccc1. The molecule has 2 aromatic carbocycles. The summed E-state index contributed by atoms with van der Waals surface area (Å²) in [6.07, 6.45) is 0.829. The molecule has 0 radical (unpaired) electrons. The molecule has 1 heterocycles. The summed E-state index contributed by atoms with van der Waals surface area (Å²) in [7, 11) is 3.99. The molecular formula is C23H26N4O2. The van der Waals surface area contributed by atoms with Crippen LogP contribution in [0.25, 0.3) is 11.3 Å². The number of carbonyl (C=O) groups is 1. The summed E-state index contributed by atoms with van der Waals surface area (Å²) in [6, 6.07) is 23.0. The van der Waals surface area contributed by atoms with E-state index < -0.39 is 0 Å². The predicted molar refractivity (Wildman–Crippen MR) is 115 cm³/mol. The average Bonchev–Trinajstić information content (AvgIpc) is 2.74. The maximum absolute atomic E-state index is 12.5. The van der Waals surface area contributed by atoms with Crippen LogP contribution < -0.4 is 10.9 Å². The van der Waals surface area contributed by atoms with Gasteiger partial charge in [-0.2, -0.15) is 5.10 Å². The fraction of sp³-hybridized carbons (Fsp3) is 0.261. The molecular weight excluding hydrogens is 364 g/mol. The molecule has 0 spiro atoms. The maximum atomic E-state index is 12.5. The predicted octanol–water partition coefficient (Wildman–Crippen LogP) is 2.20. The minimum atomic E-state index is -0.298. The van der Waals surface area contributed by atoms with Crippen molar-refractivity contribution in [2.45, 2.75) is 19.0 Å². The van der Waals surface area contributed by atoms with E-state index in [2.05, 4.69) is 27.4 Å². The molecule has 1 N–H and O–H groups in total. The number of carbonyl (C=O) groups excluding carboxylic acids is 1. The van der Waals surface area contributed by atoms with Crippen LogP contribution in [0.15, 0.2) is 77.6 Å². The summed E-state index contributed by atoms with van der Waals surface area (Å²) in [4.78, 5) is 26.7. The molecule has 1 amide bonds. The summed E-state index contributed by atoms with van der Waals surface area (Å²) in [5, 5.41) is 7.28. The largest absolute Gasteiger partial charge is 0.353 e. The van der Waals surface area contributed by atoms with Crippen LogP contribution in [0.5, 0.6) is 0 Å². The van der Waals surface area contributed by atoms with Crippen molar-refractivity contribution in [3.05, 3.63) is 88.7 Å². The lowest BCUT2D eigenvalue weighted by molar-refractivity contribution is -0.122. The molecule has 0 unspecified atom stereocenters. The Hall–Kier alpha value is -3.25. The molecule has 6 nitrogen and oxygen atoms in total. The third kappa shape index (κ3) is 5.86. The van der Waals surface area contributed by atoms with Gasteiger partial charge in [0.15, 0.2) is 0 Å². The summed E-state index contributed by atoms with van der Waals surface area (Å²) in [5.41, 5.74) is 2.48. The van der Waals surface area contributed by atoms with Gasteiger partial charge >= 0.3 is 0 Å². The monoisotopic (exact) mass is 390 g/mol. The number of rotatable bonds is 8. The van der Waals surface area contributed by atoms with E-state index in [4.69, 9.17) is 0 Å². The topological polar surface area (TPSA) is 67.2 Å². The first-order valence-electron chi connectivity index (χ1n) is 9.63. The van der Waals surface area contributed by atoms with Crippen LogP contribution in [-0.4, -0.2) is 47.3 Å². The Morgan fingerprint density at radius 1 is 1.00 bits per heavy atom. The van der Waals surface area contributed by atoms with E-state index in [9.17, 15) is 9.59 Å². The number of amides is 1. The maximum Gasteiger partial charge on any atom is 0.267 e. The Balaban J connectivity index is 1.63. The highest BCUT2D eigenvalue weighted by Gasteiger charge is 2.14. The summed E-state index contributed by atoms with van der Waals surface area (Å²) < 4.78 is 1.21. The van der Waals surface area contributed by atoms with Crippen LogP contribution in [0.2, 0.25) is 0 Å². The van der Waals surface area contributed by atoms with Crippen molar-refractivity contribution in [3.8, 4) is 11.3 Å². The molecule has 3 aromatic rings. The van der Waals surface area contributed by atoms with Gasteiger partial charge in [-0.1, -0.05) is 60.7 Å². The fourth-order valence-electron chi connectivity index (χ4n) is 3.07. The first kappa shape index (κ1) is 20.5. The second kappa shape index (κ2) is 9.80. The highest BCUT2D eigenvalue weighted by Crippen LogP contribution is 2.13. The van der Waals surface area contributed by atoms with Gasteiger partial charge in [-0.05, 0) is 32.1 Å². The Morgan fingerprint density at radius 2 is 1.66 bits per heavy atom. The lowest BCUT2D eigenvalue weighted by Crippen LogP contribution is -2.43. The van der Waals surface area contributed by atoms with Gasteiger partial charge in [-0.3, -0.25) is 9.59 Å². The number of nitrogens with one attached hydrogen (secondary N) is 1. The van der Waals surface area contributed by atoms with Gasteiger partial charge in [0.2, 0.25) is 5.91 Å². The molecule has 1 aromatic heterocycles. The Kier molecular flexibility index (Phi) is 6.92. The minimum absolute atomic E-state index is 0.106. The van der Waals surface area contributed by atoms with Crippen molar-refractivity contribution < 1.29 is 4.79 Å². The highest BCUT2D eigenvalue weighted by molar-refractivity contribution is 5.75. The zero-order chi connectivity index (χ0) is 20.6. The fourth-order valence-corrected chi connectivity index (χ4v) is 3.07. The molecule has 0 saturated carbocycles. The second-order valence-electron chi connectivity index (χ2n) is 7.19. The molecule has 1 atom stereocenters. The number of hydrogen-bond acceptors (Lipinski definition) is 4. The van der Waals surface area contributed by atoms with Crippen LogP contribution in [0.1, 0.15) is 5.56 Å². The van der Waals surface area contributed by atoms with Crippen molar-refractivity contribution in [2.24, 2.45) is 0 Å². The zero-order valence-corrected chi connectivity index (χ0v) is 16.8. The van der Waals surface area contributed by atoms with Crippen molar-refractivity contribution in [1.29, 1.82) is 0 Å². The molecule has 150 valence electrons. The van der Waals surface area contributed by atoms with Crippen LogP contribution >= 0.6 is 0 Å². The number of benzene rings is 2. The minimum Gasteiger partial charge on any atom is -0.353 e. The molecule has 6 heteroatoms. The smallest absolute Gasteiger partial charge is 0.267 e. The number of aromatic nitrogens is 2. The molecule has 0 saturated heterocycles. The first-order chi connectivity index (χ1) is 14.0. The van der Waals surface area contributed by atoms with Gasteiger partial charge in [0.05, 0.1) is 5.69 Å². The standard InChI is InChI=1S/C23H26N4O2/c1-26(2)20(15-18-9-5-3-6-10-18)16-24-22(28)17-27-23(29)14-13-21(25-27)19-11-7-4-8-12-19/h3-14,20H,15-17H2,1-2H3,(H,24,28)/t20-/m1/s1. The van der Waals surface area contributed by atoms with Gasteiger partial charge in [0, 0.05) is 24.2 Å². The third-order valence-corrected chi connectivity index (χ3v) is 4.81. The van der Waals surface area contributed by atoms with Crippen molar-refractivity contribution in [2.75, 3.05) is 20.6 Å². The summed E-state index contributed by atoms with van der Waals surface area (Å²) in [5.74, 6) is -0.232. The van der Waals surface area contributed by atoms with Gasteiger partial charge in [-0.15, -0.1) is 0 Å². The Bertz CT molecular complexity index is 985. The normalized spacial score (nSPS) is 12.0. The van der Waals surface area contributed by atoms with Gasteiger partial charge in [-0.25, -0.2) is 4.68 Å². The van der Waals surface area contributed by atoms with E-state index in [0.717, 1.165) is 12.0 Å². The highest BCUT2D eigenvalue weighted by atomic mass is 16.2. The van der Waals surface area contributed by atoms with Gasteiger partial charge in [0.25, 0.3) is 5.56 Å². The van der Waals surface area contributed by atoms with E-state index >= 15 is 0 Å². The van der Waals surface area contributed by atoms with E-state index in [1.807, 2.05) is 62.6 Å². The quantitative estimate of drug-likeness (QED) is 0.640. The summed E-state index contributed by atoms with van der Waals surface area (Å²) in [6.45, 7) is 0.388. The van der Waals surface area contributed by atoms with Crippen molar-refractivity contribution >= 4 is 5.91 Å². The summed E-state index contributed by atoms with van der Waals surface area (Å²) >= 11 is 0. The molecule has 0 aliphatic heterocycles. The zero-order valence-electron chi connectivity index (χ0n) is 16.8. The molecule has 0 bridgehead atoms. The van der Waals surface area contributed by atoms with E-state index in [1.165, 1.54) is 16.3 Å². The molecule has 29 heavy (non-hydrogen) atoms. The molecule has 0 aliphatic rings. The van der Waals surface area contributed by atoms with Crippen molar-refractivity contribution in [3.63, 3.8) is 0 Å². The molecule has 0 aliphatic carbocycles. The van der Waals surface area contributed by atoms with Gasteiger partial charge in [0.1, 0.15) is 6.54 Å². The van der Waals surface area contributed by atoms with Crippen LogP contribution in [-0.2, 0) is 17.8 Å². The molecule has 0 fully saturated rings. The van der Waals surface area contributed by atoms with E-state index in [-0.39, 0.29) is 24.1 Å². The molecule has 3 rings (SSSR count). The Labute approximate surface area is 170 Å². The Morgan fingerprint density at radius 3 is 2.31 bits per heavy atom. The van der Waals surface area contributed by atoms with Crippen molar-refractivity contribution in [1.82, 2.24) is 20.0 Å². The number of nitrogens with zero attached hydrogens (tertiary/aromatic N) is 3. The third-order valence-electron chi connectivity index (χ3n) is 4.81. The average molecular weight is 390 g/mol. The second-order valence-corrected chi connectivity index (χ2v) is 7.19. The lowest BCUT2D eigenvalue weighted by atomic mass is 10.1. The number of likely N-dealkylation sites (N-methyl/N-ethyl adjacent to an activating group) is 1.